The van der Waals surface area contributed by atoms with Gasteiger partial charge in [-0.3, -0.25) is 14.4 Å². The van der Waals surface area contributed by atoms with Crippen molar-refractivity contribution in [1.82, 2.24) is 49.4 Å². The van der Waals surface area contributed by atoms with Crippen molar-refractivity contribution in [3.63, 3.8) is 0 Å². The number of amides is 1. The molecule has 4 aromatic heterocycles. The third-order valence-corrected chi connectivity index (χ3v) is 7.32. The van der Waals surface area contributed by atoms with Crippen LogP contribution >= 0.6 is 0 Å². The van der Waals surface area contributed by atoms with Crippen LogP contribution in [0.3, 0.4) is 0 Å². The molecular weight excluding hydrogens is 525 g/mol. The molecule has 0 atom stereocenters. The number of carbonyl (C=O) groups excluding carboxylic acids is 1. The summed E-state index contributed by atoms with van der Waals surface area (Å²) in [6, 6.07) is 4.83. The Balaban J connectivity index is 1.06. The number of hydrogen-bond acceptors (Lipinski definition) is 8. The van der Waals surface area contributed by atoms with Gasteiger partial charge in [0.05, 0.1) is 23.6 Å². The molecule has 1 N–H and O–H groups in total. The minimum Gasteiger partial charge on any atom is -0.346 e. The van der Waals surface area contributed by atoms with Gasteiger partial charge in [-0.1, -0.05) is 0 Å². The summed E-state index contributed by atoms with van der Waals surface area (Å²) in [7, 11) is 3.45. The number of alkyl halides is 3. The fraction of sp³-hybridized carbons (Fsp3) is 0.423. The second-order valence-electron chi connectivity index (χ2n) is 10.4. The first-order valence-corrected chi connectivity index (χ1v) is 13.0. The van der Waals surface area contributed by atoms with E-state index in [2.05, 4.69) is 34.9 Å². The molecule has 0 bridgehead atoms. The average molecular weight is 554 g/mol. The molecule has 1 aliphatic heterocycles. The van der Waals surface area contributed by atoms with Crippen LogP contribution in [-0.4, -0.2) is 102 Å². The van der Waals surface area contributed by atoms with Crippen LogP contribution in [0.5, 0.6) is 0 Å². The smallest absolute Gasteiger partial charge is 0.346 e. The van der Waals surface area contributed by atoms with Gasteiger partial charge in [-0.15, -0.1) is 0 Å². The Labute approximate surface area is 228 Å². The molecule has 1 aliphatic carbocycles. The SMILES string of the molecule is CN(C)Cc1cc(C(=O)N2CCN(C3C[C](n4cc(-c5ncnc6[nH]ccc56)cn4)C3)CC2)nc(C(F)(F)F)n1. The molecule has 1 saturated carbocycles. The van der Waals surface area contributed by atoms with Crippen LogP contribution in [0, 0.1) is 6.04 Å². The van der Waals surface area contributed by atoms with E-state index in [1.165, 1.54) is 18.4 Å². The Morgan fingerprint density at radius 2 is 1.90 bits per heavy atom. The van der Waals surface area contributed by atoms with Crippen molar-refractivity contribution in [2.45, 2.75) is 31.6 Å². The van der Waals surface area contributed by atoms with Crippen molar-refractivity contribution in [1.29, 1.82) is 0 Å². The molecule has 14 heteroatoms. The second kappa shape index (κ2) is 10.2. The highest BCUT2D eigenvalue weighted by Gasteiger charge is 2.39. The lowest BCUT2D eigenvalue weighted by atomic mass is 9.85. The first-order valence-electron chi connectivity index (χ1n) is 13.0. The van der Waals surface area contributed by atoms with Crippen molar-refractivity contribution in [2.24, 2.45) is 0 Å². The lowest BCUT2D eigenvalue weighted by Gasteiger charge is -2.45. The maximum absolute atomic E-state index is 13.4. The van der Waals surface area contributed by atoms with E-state index in [-0.39, 0.29) is 17.9 Å². The molecular formula is C26H28F3N10O. The van der Waals surface area contributed by atoms with Crippen LogP contribution in [0.25, 0.3) is 22.3 Å². The van der Waals surface area contributed by atoms with Crippen LogP contribution in [0.15, 0.2) is 37.1 Å². The number of nitrogens with one attached hydrogen (secondary N) is 1. The molecule has 2 fully saturated rings. The van der Waals surface area contributed by atoms with Crippen LogP contribution in [0.2, 0.25) is 0 Å². The summed E-state index contributed by atoms with van der Waals surface area (Å²) in [5.74, 6) is -1.79. The summed E-state index contributed by atoms with van der Waals surface area (Å²) in [6.45, 7) is 2.30. The molecule has 0 unspecified atom stereocenters. The quantitative estimate of drug-likeness (QED) is 0.388. The summed E-state index contributed by atoms with van der Waals surface area (Å²) < 4.78 is 42.1. The van der Waals surface area contributed by atoms with Crippen molar-refractivity contribution in [3.8, 4) is 11.3 Å². The molecule has 2 aliphatic rings. The Kier molecular flexibility index (Phi) is 6.74. The van der Waals surface area contributed by atoms with Crippen molar-refractivity contribution >= 4 is 16.9 Å². The van der Waals surface area contributed by atoms with E-state index in [0.29, 0.717) is 32.2 Å². The molecule has 1 saturated heterocycles. The van der Waals surface area contributed by atoms with E-state index in [9.17, 15) is 18.0 Å². The third-order valence-electron chi connectivity index (χ3n) is 7.32. The molecule has 1 radical (unpaired) electrons. The molecule has 209 valence electrons. The lowest BCUT2D eigenvalue weighted by Crippen LogP contribution is -2.55. The lowest BCUT2D eigenvalue weighted by molar-refractivity contribution is -0.145. The molecule has 4 aromatic rings. The molecule has 11 nitrogen and oxygen atoms in total. The number of aromatic nitrogens is 7. The van der Waals surface area contributed by atoms with Crippen molar-refractivity contribution in [3.05, 3.63) is 60.3 Å². The highest BCUT2D eigenvalue weighted by molar-refractivity contribution is 5.92. The predicted molar refractivity (Wildman–Crippen MR) is 139 cm³/mol. The van der Waals surface area contributed by atoms with Crippen molar-refractivity contribution in [2.75, 3.05) is 40.3 Å². The summed E-state index contributed by atoms with van der Waals surface area (Å²) >= 11 is 0. The first-order chi connectivity index (χ1) is 19.2. The number of piperazine rings is 1. The van der Waals surface area contributed by atoms with Gasteiger partial charge in [-0.25, -0.2) is 19.9 Å². The maximum Gasteiger partial charge on any atom is 0.451 e. The minimum absolute atomic E-state index is 0.158. The number of aromatic amines is 1. The van der Waals surface area contributed by atoms with E-state index in [1.807, 2.05) is 23.1 Å². The number of hydrogen-bond donors (Lipinski definition) is 1. The van der Waals surface area contributed by atoms with Gasteiger partial charge in [-0.05, 0) is 39.1 Å². The van der Waals surface area contributed by atoms with Gasteiger partial charge in [0.2, 0.25) is 5.82 Å². The molecule has 6 rings (SSSR count). The molecule has 5 heterocycles. The van der Waals surface area contributed by atoms with Gasteiger partial charge in [0.1, 0.15) is 17.7 Å². The van der Waals surface area contributed by atoms with E-state index in [0.717, 1.165) is 35.1 Å². The monoisotopic (exact) mass is 553 g/mol. The molecule has 0 spiro atoms. The number of rotatable bonds is 6. The molecule has 1 amide bonds. The Morgan fingerprint density at radius 3 is 2.62 bits per heavy atom. The summed E-state index contributed by atoms with van der Waals surface area (Å²) in [5, 5.41) is 5.49. The van der Waals surface area contributed by atoms with Gasteiger partial charge in [0, 0.05) is 62.1 Å². The van der Waals surface area contributed by atoms with Gasteiger partial charge in [0.15, 0.2) is 0 Å². The largest absolute Gasteiger partial charge is 0.451 e. The standard InChI is InChI=1S/C26H28F3N10O/c1-36(2)14-17-9-21(35-25(34-17)26(27,28)29)24(40)38-7-5-37(6-8-38)18-10-19(11-18)39-13-16(12-33-39)22-20-3-4-30-23(20)32-15-31-22/h3-4,9,12-13,15,18H,5-8,10-11,14H2,1-2H3,(H,30,31,32). The van der Waals surface area contributed by atoms with E-state index in [1.54, 1.807) is 30.1 Å². The first kappa shape index (κ1) is 26.3. The minimum atomic E-state index is -4.73. The Morgan fingerprint density at radius 1 is 1.12 bits per heavy atom. The van der Waals surface area contributed by atoms with Gasteiger partial charge in [-0.2, -0.15) is 18.3 Å². The van der Waals surface area contributed by atoms with Gasteiger partial charge >= 0.3 is 6.18 Å². The molecule has 0 aromatic carbocycles. The average Bonchev–Trinajstić information content (AvgIpc) is 3.57. The molecule has 40 heavy (non-hydrogen) atoms. The highest BCUT2D eigenvalue weighted by atomic mass is 19.4. The van der Waals surface area contributed by atoms with Crippen LogP contribution in [0.1, 0.15) is 34.8 Å². The zero-order chi connectivity index (χ0) is 28.0. The van der Waals surface area contributed by atoms with E-state index >= 15 is 0 Å². The summed E-state index contributed by atoms with van der Waals surface area (Å²) in [4.78, 5) is 37.6. The summed E-state index contributed by atoms with van der Waals surface area (Å²) in [5.41, 5.74) is 2.46. The zero-order valence-electron chi connectivity index (χ0n) is 22.1. The fourth-order valence-corrected chi connectivity index (χ4v) is 5.24. The zero-order valence-corrected chi connectivity index (χ0v) is 22.1. The van der Waals surface area contributed by atoms with Gasteiger partial charge < -0.3 is 14.8 Å². The third kappa shape index (κ3) is 5.16. The number of H-pyrrole nitrogens is 1. The van der Waals surface area contributed by atoms with E-state index in [4.69, 9.17) is 0 Å². The Bertz CT molecular complexity index is 1520. The van der Waals surface area contributed by atoms with E-state index < -0.39 is 17.9 Å². The number of carbonyl (C=O) groups is 1. The predicted octanol–water partition coefficient (Wildman–Crippen LogP) is 2.69. The van der Waals surface area contributed by atoms with Crippen LogP contribution in [0.4, 0.5) is 13.2 Å². The highest BCUT2D eigenvalue weighted by Crippen LogP contribution is 2.36. The maximum atomic E-state index is 13.4. The van der Waals surface area contributed by atoms with Crippen molar-refractivity contribution < 1.29 is 18.0 Å². The Hall–Kier alpha value is -3.91. The number of fused-ring (bicyclic) bond motifs is 1. The number of nitrogens with zero attached hydrogens (tertiary/aromatic N) is 9. The summed E-state index contributed by atoms with van der Waals surface area (Å²) in [6.07, 6.45) is 4.14. The van der Waals surface area contributed by atoms with Crippen LogP contribution in [-0.2, 0) is 12.7 Å². The van der Waals surface area contributed by atoms with Crippen LogP contribution < -0.4 is 0 Å². The second-order valence-corrected chi connectivity index (χ2v) is 10.4. The number of halogens is 3. The fourth-order valence-electron chi connectivity index (χ4n) is 5.24. The topological polar surface area (TPSA) is 112 Å². The van der Waals surface area contributed by atoms with Gasteiger partial charge in [0.25, 0.3) is 5.91 Å². The normalized spacial score (nSPS) is 17.6.